The van der Waals surface area contributed by atoms with E-state index in [1.807, 2.05) is 0 Å². The first-order valence-corrected chi connectivity index (χ1v) is 8.11. The molecule has 0 aliphatic carbocycles. The van der Waals surface area contributed by atoms with Crippen molar-refractivity contribution in [2.45, 2.75) is 38.3 Å². The van der Waals surface area contributed by atoms with Crippen LogP contribution in [0.2, 0.25) is 0 Å². The van der Waals surface area contributed by atoms with Crippen molar-refractivity contribution >= 4 is 9.84 Å². The highest BCUT2D eigenvalue weighted by Crippen LogP contribution is 2.21. The van der Waals surface area contributed by atoms with E-state index in [1.54, 1.807) is 0 Å². The van der Waals surface area contributed by atoms with Crippen molar-refractivity contribution in [3.05, 3.63) is 0 Å². The smallest absolute Gasteiger partial charge is 0.150 e. The van der Waals surface area contributed by atoms with Crippen molar-refractivity contribution < 1.29 is 8.42 Å². The molecule has 94 valence electrons. The molecule has 0 aromatic heterocycles. The van der Waals surface area contributed by atoms with Crippen LogP contribution < -0.4 is 5.32 Å². The lowest BCUT2D eigenvalue weighted by molar-refractivity contribution is 0.0884. The van der Waals surface area contributed by atoms with Crippen molar-refractivity contribution in [3.8, 4) is 0 Å². The monoisotopic (exact) mass is 246 g/mol. The lowest BCUT2D eigenvalue weighted by atomic mass is 10.0. The second kappa shape index (κ2) is 5.02. The van der Waals surface area contributed by atoms with E-state index in [4.69, 9.17) is 0 Å². The van der Waals surface area contributed by atoms with Crippen LogP contribution in [-0.4, -0.2) is 56.5 Å². The van der Waals surface area contributed by atoms with Gasteiger partial charge in [-0.25, -0.2) is 8.42 Å². The molecule has 0 amide bonds. The Morgan fingerprint density at radius 3 is 2.25 bits per heavy atom. The first kappa shape index (κ1) is 12.3. The number of nitrogens with one attached hydrogen (secondary N) is 1. The zero-order valence-corrected chi connectivity index (χ0v) is 10.8. The summed E-state index contributed by atoms with van der Waals surface area (Å²) in [4.78, 5) is 2.53. The quantitative estimate of drug-likeness (QED) is 0.772. The van der Waals surface area contributed by atoms with Crippen LogP contribution in [0, 0.1) is 0 Å². The number of nitrogens with zero attached hydrogens (tertiary/aromatic N) is 1. The first-order chi connectivity index (χ1) is 7.62. The summed E-state index contributed by atoms with van der Waals surface area (Å²) < 4.78 is 22.8. The van der Waals surface area contributed by atoms with E-state index in [0.29, 0.717) is 23.6 Å². The van der Waals surface area contributed by atoms with Gasteiger partial charge in [0.15, 0.2) is 0 Å². The third-order valence-corrected chi connectivity index (χ3v) is 5.42. The summed E-state index contributed by atoms with van der Waals surface area (Å²) in [5.41, 5.74) is 0. The maximum absolute atomic E-state index is 11.4. The topological polar surface area (TPSA) is 49.4 Å². The van der Waals surface area contributed by atoms with Crippen molar-refractivity contribution in [2.75, 3.05) is 31.1 Å². The standard InChI is InChI=1S/C11H22N2O2S/c1-2-5-13(11-8-12-9-11)10-3-6-16(14,15)7-4-10/h10-12H,2-9H2,1H3. The molecule has 0 radical (unpaired) electrons. The van der Waals surface area contributed by atoms with Crippen LogP contribution in [0.25, 0.3) is 0 Å². The largest absolute Gasteiger partial charge is 0.314 e. The molecule has 2 saturated heterocycles. The van der Waals surface area contributed by atoms with E-state index in [2.05, 4.69) is 17.1 Å². The lowest BCUT2D eigenvalue weighted by Gasteiger charge is -2.44. The van der Waals surface area contributed by atoms with E-state index < -0.39 is 9.84 Å². The molecule has 5 heteroatoms. The molecule has 0 saturated carbocycles. The van der Waals surface area contributed by atoms with Gasteiger partial charge in [-0.2, -0.15) is 0 Å². The van der Waals surface area contributed by atoms with Crippen LogP contribution in [0.3, 0.4) is 0 Å². The van der Waals surface area contributed by atoms with Gasteiger partial charge in [-0.05, 0) is 25.8 Å². The Morgan fingerprint density at radius 1 is 1.19 bits per heavy atom. The average Bonchev–Trinajstić information content (AvgIpc) is 2.14. The predicted octanol–water partition coefficient (Wildman–Crippen LogP) is 0.247. The van der Waals surface area contributed by atoms with E-state index >= 15 is 0 Å². The molecule has 0 aromatic rings. The minimum absolute atomic E-state index is 0.387. The van der Waals surface area contributed by atoms with E-state index in [9.17, 15) is 8.42 Å². The fraction of sp³-hybridized carbons (Fsp3) is 1.00. The Bertz CT molecular complexity index is 311. The molecule has 2 aliphatic heterocycles. The normalized spacial score (nSPS) is 26.9. The average molecular weight is 246 g/mol. The van der Waals surface area contributed by atoms with Crippen molar-refractivity contribution in [1.82, 2.24) is 10.2 Å². The van der Waals surface area contributed by atoms with Gasteiger partial charge in [0.2, 0.25) is 0 Å². The fourth-order valence-electron chi connectivity index (χ4n) is 2.64. The van der Waals surface area contributed by atoms with Crippen LogP contribution in [0.4, 0.5) is 0 Å². The molecule has 1 N–H and O–H groups in total. The first-order valence-electron chi connectivity index (χ1n) is 6.29. The fourth-order valence-corrected chi connectivity index (χ4v) is 4.11. The summed E-state index contributed by atoms with van der Waals surface area (Å²) in [5, 5.41) is 3.30. The lowest BCUT2D eigenvalue weighted by Crippen LogP contribution is -2.61. The molecular weight excluding hydrogens is 224 g/mol. The maximum atomic E-state index is 11.4. The molecule has 2 heterocycles. The van der Waals surface area contributed by atoms with Gasteiger partial charge in [0.25, 0.3) is 0 Å². The SMILES string of the molecule is CCCN(C1CCS(=O)(=O)CC1)C1CNC1. The summed E-state index contributed by atoms with van der Waals surface area (Å²) in [5.74, 6) is 0.774. The second-order valence-corrected chi connectivity index (χ2v) is 7.24. The minimum atomic E-state index is -2.72. The van der Waals surface area contributed by atoms with E-state index in [1.165, 1.54) is 0 Å². The molecule has 0 aromatic carbocycles. The van der Waals surface area contributed by atoms with Gasteiger partial charge in [0.05, 0.1) is 11.5 Å². The second-order valence-electron chi connectivity index (χ2n) is 4.93. The third-order valence-electron chi connectivity index (χ3n) is 3.70. The molecule has 0 spiro atoms. The molecule has 0 atom stereocenters. The summed E-state index contributed by atoms with van der Waals surface area (Å²) in [6.45, 7) is 5.45. The molecular formula is C11H22N2O2S. The highest BCUT2D eigenvalue weighted by molar-refractivity contribution is 7.91. The molecule has 2 rings (SSSR count). The Kier molecular flexibility index (Phi) is 3.87. The third kappa shape index (κ3) is 2.76. The molecule has 16 heavy (non-hydrogen) atoms. The highest BCUT2D eigenvalue weighted by Gasteiger charge is 2.33. The van der Waals surface area contributed by atoms with E-state index in [0.717, 1.165) is 38.9 Å². The molecule has 2 aliphatic rings. The van der Waals surface area contributed by atoms with Gasteiger partial charge in [0.1, 0.15) is 9.84 Å². The zero-order chi connectivity index (χ0) is 11.6. The summed E-state index contributed by atoms with van der Waals surface area (Å²) in [6.07, 6.45) is 2.82. The maximum Gasteiger partial charge on any atom is 0.150 e. The van der Waals surface area contributed by atoms with Crippen molar-refractivity contribution in [1.29, 1.82) is 0 Å². The van der Waals surface area contributed by atoms with Gasteiger partial charge in [-0.3, -0.25) is 4.90 Å². The minimum Gasteiger partial charge on any atom is -0.314 e. The number of hydrogen-bond donors (Lipinski definition) is 1. The molecule has 0 unspecified atom stereocenters. The van der Waals surface area contributed by atoms with Gasteiger partial charge in [0, 0.05) is 25.2 Å². The molecule has 2 fully saturated rings. The van der Waals surface area contributed by atoms with Crippen LogP contribution in [-0.2, 0) is 9.84 Å². The summed E-state index contributed by atoms with van der Waals surface area (Å²) in [7, 11) is -2.72. The predicted molar refractivity (Wildman–Crippen MR) is 65.3 cm³/mol. The molecule has 4 nitrogen and oxygen atoms in total. The van der Waals surface area contributed by atoms with Gasteiger partial charge in [-0.15, -0.1) is 0 Å². The number of sulfone groups is 1. The molecule has 0 bridgehead atoms. The summed E-state index contributed by atoms with van der Waals surface area (Å²) in [6, 6.07) is 1.14. The number of rotatable bonds is 4. The van der Waals surface area contributed by atoms with Gasteiger partial charge in [-0.1, -0.05) is 6.92 Å². The highest BCUT2D eigenvalue weighted by atomic mass is 32.2. The van der Waals surface area contributed by atoms with Gasteiger partial charge >= 0.3 is 0 Å². The van der Waals surface area contributed by atoms with Crippen LogP contribution in [0.1, 0.15) is 26.2 Å². The Labute approximate surface area is 98.3 Å². The number of hydrogen-bond acceptors (Lipinski definition) is 4. The van der Waals surface area contributed by atoms with Crippen molar-refractivity contribution in [2.24, 2.45) is 0 Å². The zero-order valence-electron chi connectivity index (χ0n) is 9.98. The van der Waals surface area contributed by atoms with E-state index in [-0.39, 0.29) is 0 Å². The van der Waals surface area contributed by atoms with Gasteiger partial charge < -0.3 is 5.32 Å². The van der Waals surface area contributed by atoms with Crippen LogP contribution >= 0.6 is 0 Å². The Morgan fingerprint density at radius 2 is 1.81 bits per heavy atom. The Hall–Kier alpha value is -0.130. The van der Waals surface area contributed by atoms with Crippen molar-refractivity contribution in [3.63, 3.8) is 0 Å². The van der Waals surface area contributed by atoms with Crippen LogP contribution in [0.15, 0.2) is 0 Å². The Balaban J connectivity index is 1.93. The summed E-state index contributed by atoms with van der Waals surface area (Å²) >= 11 is 0. The van der Waals surface area contributed by atoms with Crippen LogP contribution in [0.5, 0.6) is 0 Å².